The maximum Gasteiger partial charge on any atom is 0.331 e. The third kappa shape index (κ3) is 2.86. The van der Waals surface area contributed by atoms with Gasteiger partial charge in [0.1, 0.15) is 6.10 Å². The number of benzene rings is 1. The van der Waals surface area contributed by atoms with Crippen molar-refractivity contribution in [1.82, 2.24) is 4.98 Å². The molecule has 4 nitrogen and oxygen atoms in total. The number of rotatable bonds is 3. The monoisotopic (exact) mass is 269 g/mol. The molecule has 1 aromatic carbocycles. The molecule has 3 rings (SSSR count). The molecule has 20 heavy (non-hydrogen) atoms. The van der Waals surface area contributed by atoms with Crippen molar-refractivity contribution in [1.29, 1.82) is 0 Å². The van der Waals surface area contributed by atoms with Crippen molar-refractivity contribution in [3.05, 3.63) is 48.2 Å². The lowest BCUT2D eigenvalue weighted by molar-refractivity contribution is -0.142. The number of esters is 1. The van der Waals surface area contributed by atoms with Crippen molar-refractivity contribution in [3.63, 3.8) is 0 Å². The van der Waals surface area contributed by atoms with Crippen molar-refractivity contribution in [2.24, 2.45) is 0 Å². The van der Waals surface area contributed by atoms with Gasteiger partial charge in [0.25, 0.3) is 0 Å². The smallest absolute Gasteiger partial charge is 0.331 e. The number of aromatic nitrogens is 1. The zero-order chi connectivity index (χ0) is 13.8. The van der Waals surface area contributed by atoms with Crippen LogP contribution in [-0.4, -0.2) is 30.3 Å². The van der Waals surface area contributed by atoms with Gasteiger partial charge in [-0.25, -0.2) is 4.79 Å². The Morgan fingerprint density at radius 1 is 1.35 bits per heavy atom. The van der Waals surface area contributed by atoms with Crippen LogP contribution in [0.3, 0.4) is 0 Å². The second-order valence-corrected chi connectivity index (χ2v) is 4.67. The lowest BCUT2D eigenvalue weighted by atomic mass is 10.1. The Kier molecular flexibility index (Phi) is 3.74. The van der Waals surface area contributed by atoms with Gasteiger partial charge in [0.05, 0.1) is 18.7 Å². The molecule has 0 unspecified atom stereocenters. The van der Waals surface area contributed by atoms with E-state index < -0.39 is 0 Å². The lowest BCUT2D eigenvalue weighted by Crippen LogP contribution is -2.16. The predicted molar refractivity (Wildman–Crippen MR) is 76.1 cm³/mol. The molecular weight excluding hydrogens is 254 g/mol. The highest BCUT2D eigenvalue weighted by Crippen LogP contribution is 2.17. The second-order valence-electron chi connectivity index (χ2n) is 4.67. The molecule has 0 amide bonds. The number of carbonyl (C=O) groups is 1. The molecule has 2 heterocycles. The Bertz CT molecular complexity index is 640. The van der Waals surface area contributed by atoms with E-state index in [1.54, 1.807) is 12.3 Å². The number of para-hydroxylation sites is 1. The molecule has 4 heteroatoms. The summed E-state index contributed by atoms with van der Waals surface area (Å²) in [5.41, 5.74) is 1.86. The van der Waals surface area contributed by atoms with E-state index in [4.69, 9.17) is 9.47 Å². The van der Waals surface area contributed by atoms with Crippen LogP contribution in [-0.2, 0) is 14.3 Å². The average Bonchev–Trinajstić information content (AvgIpc) is 2.98. The van der Waals surface area contributed by atoms with Crippen molar-refractivity contribution >= 4 is 22.9 Å². The summed E-state index contributed by atoms with van der Waals surface area (Å²) in [6, 6.07) is 9.70. The van der Waals surface area contributed by atoms with Crippen molar-refractivity contribution < 1.29 is 14.3 Å². The summed E-state index contributed by atoms with van der Waals surface area (Å²) >= 11 is 0. The van der Waals surface area contributed by atoms with Crippen LogP contribution < -0.4 is 0 Å². The number of carbonyl (C=O) groups excluding carboxylic acids is 1. The van der Waals surface area contributed by atoms with Crippen LogP contribution >= 0.6 is 0 Å². The van der Waals surface area contributed by atoms with E-state index in [1.165, 1.54) is 6.08 Å². The molecule has 1 atom stereocenters. The van der Waals surface area contributed by atoms with Gasteiger partial charge in [-0.2, -0.15) is 0 Å². The van der Waals surface area contributed by atoms with Gasteiger partial charge in [-0.1, -0.05) is 18.2 Å². The molecule has 1 saturated heterocycles. The molecule has 1 aromatic heterocycles. The van der Waals surface area contributed by atoms with Crippen LogP contribution in [0.2, 0.25) is 0 Å². The van der Waals surface area contributed by atoms with Crippen molar-refractivity contribution in [2.45, 2.75) is 12.5 Å². The van der Waals surface area contributed by atoms with Gasteiger partial charge < -0.3 is 9.47 Å². The topological polar surface area (TPSA) is 48.4 Å². The molecule has 0 radical (unpaired) electrons. The summed E-state index contributed by atoms with van der Waals surface area (Å²) in [5.74, 6) is -0.332. The zero-order valence-electron chi connectivity index (χ0n) is 11.0. The molecule has 0 aliphatic carbocycles. The summed E-state index contributed by atoms with van der Waals surface area (Å²) in [5, 5.41) is 1.02. The number of hydrogen-bond donors (Lipinski definition) is 0. The second kappa shape index (κ2) is 5.84. The average molecular weight is 269 g/mol. The van der Waals surface area contributed by atoms with Gasteiger partial charge in [-0.15, -0.1) is 0 Å². The van der Waals surface area contributed by atoms with Crippen molar-refractivity contribution in [3.8, 4) is 0 Å². The number of fused-ring (bicyclic) bond motifs is 1. The summed E-state index contributed by atoms with van der Waals surface area (Å²) in [6.45, 7) is 1.16. The molecule has 0 saturated carbocycles. The molecule has 1 fully saturated rings. The Balaban J connectivity index is 1.75. The summed E-state index contributed by atoms with van der Waals surface area (Å²) in [4.78, 5) is 16.0. The van der Waals surface area contributed by atoms with Gasteiger partial charge in [-0.3, -0.25) is 4.98 Å². The fraction of sp³-hybridized carbons (Fsp3) is 0.250. The highest BCUT2D eigenvalue weighted by Gasteiger charge is 2.18. The molecule has 1 aliphatic rings. The first kappa shape index (κ1) is 12.8. The standard InChI is InChI=1S/C16H15NO3/c18-16(20-13-8-10-19-11-13)6-5-12-7-9-17-15-4-2-1-3-14(12)15/h1-7,9,13H,8,10-11H2/b6-5-/t13-/m1/s1. The van der Waals surface area contributed by atoms with Crippen LogP contribution in [0, 0.1) is 0 Å². The Labute approximate surface area is 117 Å². The summed E-state index contributed by atoms with van der Waals surface area (Å²) < 4.78 is 10.4. The largest absolute Gasteiger partial charge is 0.457 e. The van der Waals surface area contributed by atoms with Gasteiger partial charge in [0.2, 0.25) is 0 Å². The van der Waals surface area contributed by atoms with E-state index >= 15 is 0 Å². The van der Waals surface area contributed by atoms with E-state index in [2.05, 4.69) is 4.98 Å². The van der Waals surface area contributed by atoms with E-state index in [0.29, 0.717) is 13.2 Å². The molecule has 0 bridgehead atoms. The number of pyridine rings is 1. The Morgan fingerprint density at radius 2 is 2.25 bits per heavy atom. The first-order valence-corrected chi connectivity index (χ1v) is 6.63. The van der Waals surface area contributed by atoms with Gasteiger partial charge in [0, 0.05) is 24.1 Å². The predicted octanol–water partition coefficient (Wildman–Crippen LogP) is 2.58. The van der Waals surface area contributed by atoms with Gasteiger partial charge in [-0.05, 0) is 23.8 Å². The maximum absolute atomic E-state index is 11.7. The normalized spacial score (nSPS) is 18.7. The molecule has 1 aliphatic heterocycles. The van der Waals surface area contributed by atoms with Crippen LogP contribution in [0.25, 0.3) is 17.0 Å². The van der Waals surface area contributed by atoms with E-state index in [1.807, 2.05) is 30.3 Å². The fourth-order valence-corrected chi connectivity index (χ4v) is 2.23. The Morgan fingerprint density at radius 3 is 3.10 bits per heavy atom. The molecule has 2 aromatic rings. The van der Waals surface area contributed by atoms with E-state index in [0.717, 1.165) is 22.9 Å². The van der Waals surface area contributed by atoms with Crippen LogP contribution in [0.1, 0.15) is 12.0 Å². The zero-order valence-corrected chi connectivity index (χ0v) is 11.0. The first-order valence-electron chi connectivity index (χ1n) is 6.63. The molecule has 0 spiro atoms. The van der Waals surface area contributed by atoms with Crippen LogP contribution in [0.15, 0.2) is 42.6 Å². The van der Waals surface area contributed by atoms with E-state index in [-0.39, 0.29) is 12.1 Å². The van der Waals surface area contributed by atoms with Gasteiger partial charge >= 0.3 is 5.97 Å². The molecule has 0 N–H and O–H groups in total. The maximum atomic E-state index is 11.7. The number of hydrogen-bond acceptors (Lipinski definition) is 4. The third-order valence-corrected chi connectivity index (χ3v) is 3.25. The van der Waals surface area contributed by atoms with Crippen LogP contribution in [0.4, 0.5) is 0 Å². The molecule has 102 valence electrons. The Hall–Kier alpha value is -2.20. The molecular formula is C16H15NO3. The van der Waals surface area contributed by atoms with Crippen LogP contribution in [0.5, 0.6) is 0 Å². The first-order chi connectivity index (χ1) is 9.83. The lowest BCUT2D eigenvalue weighted by Gasteiger charge is -2.07. The minimum absolute atomic E-state index is 0.110. The third-order valence-electron chi connectivity index (χ3n) is 3.25. The van der Waals surface area contributed by atoms with Crippen molar-refractivity contribution in [2.75, 3.05) is 13.2 Å². The summed E-state index contributed by atoms with van der Waals surface area (Å²) in [7, 11) is 0. The quantitative estimate of drug-likeness (QED) is 0.634. The number of nitrogens with zero attached hydrogens (tertiary/aromatic N) is 1. The van der Waals surface area contributed by atoms with E-state index in [9.17, 15) is 4.79 Å². The minimum Gasteiger partial charge on any atom is -0.457 e. The highest BCUT2D eigenvalue weighted by molar-refractivity contribution is 5.93. The SMILES string of the molecule is O=C(/C=C\c1ccnc2ccccc12)O[C@@H]1CCOC1. The van der Waals surface area contributed by atoms with Gasteiger partial charge in [0.15, 0.2) is 0 Å². The minimum atomic E-state index is -0.332. The fourth-order valence-electron chi connectivity index (χ4n) is 2.23. The highest BCUT2D eigenvalue weighted by atomic mass is 16.6. The summed E-state index contributed by atoms with van der Waals surface area (Å²) in [6.07, 6.45) is 5.62. The number of ether oxygens (including phenoxy) is 2.